The zero-order valence-electron chi connectivity index (χ0n) is 14.5. The molecule has 0 saturated carbocycles. The number of aromatic nitrogens is 2. The maximum atomic E-state index is 12.4. The summed E-state index contributed by atoms with van der Waals surface area (Å²) in [6, 6.07) is 12.6. The fourth-order valence-electron chi connectivity index (χ4n) is 2.35. The zero-order chi connectivity index (χ0) is 18.5. The summed E-state index contributed by atoms with van der Waals surface area (Å²) in [4.78, 5) is 13.4. The van der Waals surface area contributed by atoms with Crippen LogP contribution in [0.5, 0.6) is 11.5 Å². The Labute approximate surface area is 154 Å². The molecule has 0 radical (unpaired) electrons. The quantitative estimate of drug-likeness (QED) is 0.661. The van der Waals surface area contributed by atoms with Crippen molar-refractivity contribution >= 4 is 23.7 Å². The van der Waals surface area contributed by atoms with Gasteiger partial charge in [-0.3, -0.25) is 10.1 Å². The standard InChI is InChI=1S/C18H17N3O4S/c1-23-13-9-8-11(10-14(13)24-2)16(22)19-18-21-20-17(25-18)12-6-4-5-7-15(12)26-3/h4-10H,1-3H3,(H,19,21,22). The van der Waals surface area contributed by atoms with Crippen LogP contribution in [0.2, 0.25) is 0 Å². The molecule has 0 spiro atoms. The number of carbonyl (C=O) groups is 1. The number of amides is 1. The van der Waals surface area contributed by atoms with E-state index in [1.165, 1.54) is 14.2 Å². The summed E-state index contributed by atoms with van der Waals surface area (Å²) in [7, 11) is 3.04. The van der Waals surface area contributed by atoms with Crippen molar-refractivity contribution in [3.63, 3.8) is 0 Å². The first-order valence-electron chi connectivity index (χ1n) is 7.66. The minimum Gasteiger partial charge on any atom is -0.493 e. The van der Waals surface area contributed by atoms with Crippen LogP contribution in [0.15, 0.2) is 51.8 Å². The molecule has 1 N–H and O–H groups in total. The van der Waals surface area contributed by atoms with Gasteiger partial charge in [0.15, 0.2) is 11.5 Å². The molecule has 0 atom stereocenters. The summed E-state index contributed by atoms with van der Waals surface area (Å²) >= 11 is 1.58. The molecule has 1 heterocycles. The van der Waals surface area contributed by atoms with Crippen LogP contribution in [-0.4, -0.2) is 36.6 Å². The predicted octanol–water partition coefficient (Wildman–Crippen LogP) is 3.73. The molecule has 0 saturated heterocycles. The van der Waals surface area contributed by atoms with E-state index in [2.05, 4.69) is 15.5 Å². The lowest BCUT2D eigenvalue weighted by molar-refractivity contribution is 0.102. The number of nitrogens with one attached hydrogen (secondary N) is 1. The average Bonchev–Trinajstić information content (AvgIpc) is 3.15. The Morgan fingerprint density at radius 2 is 1.85 bits per heavy atom. The Morgan fingerprint density at radius 1 is 1.08 bits per heavy atom. The summed E-state index contributed by atoms with van der Waals surface area (Å²) in [6.07, 6.45) is 1.97. The SMILES string of the molecule is COc1ccc(C(=O)Nc2nnc(-c3ccccc3SC)o2)cc1OC. The first-order valence-corrected chi connectivity index (χ1v) is 8.89. The lowest BCUT2D eigenvalue weighted by Gasteiger charge is -2.08. The Balaban J connectivity index is 1.80. The highest BCUT2D eigenvalue weighted by atomic mass is 32.2. The van der Waals surface area contributed by atoms with Gasteiger partial charge in [-0.2, -0.15) is 0 Å². The summed E-state index contributed by atoms with van der Waals surface area (Å²) in [5.41, 5.74) is 1.20. The largest absolute Gasteiger partial charge is 0.493 e. The van der Waals surface area contributed by atoms with Crippen LogP contribution in [0.4, 0.5) is 6.01 Å². The molecule has 0 aliphatic heterocycles. The van der Waals surface area contributed by atoms with Crippen molar-refractivity contribution in [3.05, 3.63) is 48.0 Å². The highest BCUT2D eigenvalue weighted by Crippen LogP contribution is 2.30. The maximum absolute atomic E-state index is 12.4. The third-order valence-electron chi connectivity index (χ3n) is 3.63. The van der Waals surface area contributed by atoms with Gasteiger partial charge in [0.05, 0.1) is 19.8 Å². The number of hydrogen-bond acceptors (Lipinski definition) is 7. The third-order valence-corrected chi connectivity index (χ3v) is 4.42. The van der Waals surface area contributed by atoms with Crippen LogP contribution < -0.4 is 14.8 Å². The van der Waals surface area contributed by atoms with Crippen LogP contribution in [0, 0.1) is 0 Å². The second kappa shape index (κ2) is 7.92. The van der Waals surface area contributed by atoms with Gasteiger partial charge in [0.25, 0.3) is 11.8 Å². The van der Waals surface area contributed by atoms with E-state index < -0.39 is 0 Å². The van der Waals surface area contributed by atoms with E-state index in [9.17, 15) is 4.79 Å². The average molecular weight is 371 g/mol. The molecular formula is C18H17N3O4S. The smallest absolute Gasteiger partial charge is 0.322 e. The van der Waals surface area contributed by atoms with Crippen molar-refractivity contribution in [3.8, 4) is 23.0 Å². The highest BCUT2D eigenvalue weighted by Gasteiger charge is 2.16. The zero-order valence-corrected chi connectivity index (χ0v) is 15.3. The topological polar surface area (TPSA) is 86.5 Å². The number of hydrogen-bond donors (Lipinski definition) is 1. The molecule has 0 aliphatic carbocycles. The molecular weight excluding hydrogens is 354 g/mol. The Morgan fingerprint density at radius 3 is 2.58 bits per heavy atom. The van der Waals surface area contributed by atoms with Gasteiger partial charge in [-0.15, -0.1) is 16.9 Å². The van der Waals surface area contributed by atoms with E-state index >= 15 is 0 Å². The Kier molecular flexibility index (Phi) is 5.43. The summed E-state index contributed by atoms with van der Waals surface area (Å²) < 4.78 is 16.0. The van der Waals surface area contributed by atoms with E-state index in [0.717, 1.165) is 10.5 Å². The molecule has 3 rings (SSSR count). The molecule has 8 heteroatoms. The van der Waals surface area contributed by atoms with Gasteiger partial charge in [0, 0.05) is 10.5 Å². The lowest BCUT2D eigenvalue weighted by atomic mass is 10.2. The molecule has 0 aliphatic rings. The normalized spacial score (nSPS) is 10.4. The van der Waals surface area contributed by atoms with E-state index in [4.69, 9.17) is 13.9 Å². The number of thioether (sulfide) groups is 1. The van der Waals surface area contributed by atoms with Crippen LogP contribution in [0.1, 0.15) is 10.4 Å². The number of methoxy groups -OCH3 is 2. The molecule has 0 fully saturated rings. The number of rotatable bonds is 6. The predicted molar refractivity (Wildman–Crippen MR) is 99.0 cm³/mol. The number of nitrogens with zero attached hydrogens (tertiary/aromatic N) is 2. The number of carbonyl (C=O) groups excluding carboxylic acids is 1. The minimum atomic E-state index is -0.390. The van der Waals surface area contributed by atoms with Gasteiger partial charge in [-0.1, -0.05) is 17.2 Å². The molecule has 7 nitrogen and oxygen atoms in total. The van der Waals surface area contributed by atoms with E-state index in [0.29, 0.717) is 23.0 Å². The third kappa shape index (κ3) is 3.65. The van der Waals surface area contributed by atoms with Crippen LogP contribution in [0.3, 0.4) is 0 Å². The van der Waals surface area contributed by atoms with Crippen LogP contribution in [0.25, 0.3) is 11.5 Å². The van der Waals surface area contributed by atoms with Gasteiger partial charge < -0.3 is 13.9 Å². The summed E-state index contributed by atoms with van der Waals surface area (Å²) in [5, 5.41) is 10.5. The number of benzene rings is 2. The van der Waals surface area contributed by atoms with Crippen molar-refractivity contribution in [2.45, 2.75) is 4.90 Å². The monoisotopic (exact) mass is 371 g/mol. The van der Waals surface area contributed by atoms with Crippen molar-refractivity contribution in [2.75, 3.05) is 25.8 Å². The van der Waals surface area contributed by atoms with Crippen molar-refractivity contribution in [1.82, 2.24) is 10.2 Å². The molecule has 0 bridgehead atoms. The Bertz CT molecular complexity index is 926. The minimum absolute atomic E-state index is 0.0238. The van der Waals surface area contributed by atoms with Crippen LogP contribution in [-0.2, 0) is 0 Å². The van der Waals surface area contributed by atoms with Gasteiger partial charge >= 0.3 is 6.01 Å². The van der Waals surface area contributed by atoms with Gasteiger partial charge in [0.2, 0.25) is 0 Å². The van der Waals surface area contributed by atoms with Gasteiger partial charge in [0.1, 0.15) is 0 Å². The Hall–Kier alpha value is -3.00. The second-order valence-electron chi connectivity index (χ2n) is 5.14. The van der Waals surface area contributed by atoms with Crippen molar-refractivity contribution < 1.29 is 18.7 Å². The maximum Gasteiger partial charge on any atom is 0.322 e. The molecule has 1 amide bonds. The van der Waals surface area contributed by atoms with E-state index in [1.807, 2.05) is 30.5 Å². The van der Waals surface area contributed by atoms with Crippen LogP contribution >= 0.6 is 11.8 Å². The lowest BCUT2D eigenvalue weighted by Crippen LogP contribution is -2.12. The summed E-state index contributed by atoms with van der Waals surface area (Å²) in [6.45, 7) is 0. The number of anilines is 1. The molecule has 134 valence electrons. The molecule has 2 aromatic carbocycles. The number of ether oxygens (including phenoxy) is 2. The fourth-order valence-corrected chi connectivity index (χ4v) is 2.94. The molecule has 26 heavy (non-hydrogen) atoms. The van der Waals surface area contributed by atoms with E-state index in [1.54, 1.807) is 30.0 Å². The van der Waals surface area contributed by atoms with Crippen molar-refractivity contribution in [2.24, 2.45) is 0 Å². The highest BCUT2D eigenvalue weighted by molar-refractivity contribution is 7.98. The molecule has 3 aromatic rings. The fraction of sp³-hybridized carbons (Fsp3) is 0.167. The first-order chi connectivity index (χ1) is 12.7. The summed E-state index contributed by atoms with van der Waals surface area (Å²) in [5.74, 6) is 0.954. The first kappa shape index (κ1) is 17.8. The molecule has 0 unspecified atom stereocenters. The second-order valence-corrected chi connectivity index (χ2v) is 5.98. The van der Waals surface area contributed by atoms with Gasteiger partial charge in [-0.25, -0.2) is 0 Å². The van der Waals surface area contributed by atoms with E-state index in [-0.39, 0.29) is 11.9 Å². The molecule has 1 aromatic heterocycles. The van der Waals surface area contributed by atoms with Gasteiger partial charge in [-0.05, 0) is 36.6 Å². The van der Waals surface area contributed by atoms with Crippen molar-refractivity contribution in [1.29, 1.82) is 0 Å².